The van der Waals surface area contributed by atoms with E-state index in [1.54, 1.807) is 11.7 Å². The molecule has 0 spiro atoms. The molecule has 7 heteroatoms. The normalized spacial score (nSPS) is 20.3. The third kappa shape index (κ3) is 2.30. The fourth-order valence-electron chi connectivity index (χ4n) is 1.31. The highest BCUT2D eigenvalue weighted by molar-refractivity contribution is 7.88. The van der Waals surface area contributed by atoms with Crippen molar-refractivity contribution in [3.63, 3.8) is 0 Å². The highest BCUT2D eigenvalue weighted by Gasteiger charge is 2.27. The van der Waals surface area contributed by atoms with Crippen molar-refractivity contribution in [2.75, 3.05) is 0 Å². The highest BCUT2D eigenvalue weighted by Crippen LogP contribution is 2.21. The average molecular weight is 242 g/mol. The van der Waals surface area contributed by atoms with Crippen LogP contribution in [0.1, 0.15) is 19.7 Å². The first-order chi connectivity index (χ1) is 7.48. The van der Waals surface area contributed by atoms with E-state index in [9.17, 15) is 4.21 Å². The van der Waals surface area contributed by atoms with Crippen molar-refractivity contribution in [3.05, 3.63) is 23.3 Å². The fraction of sp³-hybridized carbons (Fsp3) is 0.556. The smallest absolute Gasteiger partial charge is 0.139 e. The Morgan fingerprint density at radius 1 is 1.62 bits per heavy atom. The second-order valence-electron chi connectivity index (χ2n) is 4.11. The third-order valence-corrected chi connectivity index (χ3v) is 3.42. The van der Waals surface area contributed by atoms with E-state index in [4.69, 9.17) is 4.84 Å². The first-order valence-corrected chi connectivity index (χ1v) is 6.18. The topological polar surface area (TPSA) is 69.0 Å². The summed E-state index contributed by atoms with van der Waals surface area (Å²) in [7, 11) is 0.594. The quantitative estimate of drug-likeness (QED) is 0.821. The molecule has 2 rings (SSSR count). The van der Waals surface area contributed by atoms with Crippen molar-refractivity contribution in [1.29, 1.82) is 0 Å². The summed E-state index contributed by atoms with van der Waals surface area (Å²) in [6, 6.07) is 0. The molecule has 0 aromatic carbocycles. The van der Waals surface area contributed by atoms with Crippen molar-refractivity contribution in [2.24, 2.45) is 7.05 Å². The van der Waals surface area contributed by atoms with Crippen LogP contribution in [0.3, 0.4) is 0 Å². The van der Waals surface area contributed by atoms with Crippen LogP contribution < -0.4 is 5.48 Å². The van der Waals surface area contributed by atoms with Crippen LogP contribution in [0.25, 0.3) is 0 Å². The zero-order valence-electron chi connectivity index (χ0n) is 9.43. The van der Waals surface area contributed by atoms with Crippen LogP contribution in [-0.4, -0.2) is 24.6 Å². The van der Waals surface area contributed by atoms with Gasteiger partial charge in [-0.1, -0.05) is 0 Å². The van der Waals surface area contributed by atoms with E-state index in [0.29, 0.717) is 16.6 Å². The summed E-state index contributed by atoms with van der Waals surface area (Å²) in [5.41, 5.74) is 2.27. The largest absolute Gasteiger partial charge is 0.265 e. The SMILES string of the molecule is Cn1ncnc1CS(=O)C1=CC(C)(C)ON1. The van der Waals surface area contributed by atoms with Crippen LogP contribution in [0.5, 0.6) is 0 Å². The number of aromatic nitrogens is 3. The van der Waals surface area contributed by atoms with Gasteiger partial charge in [-0.3, -0.25) is 19.2 Å². The van der Waals surface area contributed by atoms with E-state index in [1.165, 1.54) is 6.33 Å². The van der Waals surface area contributed by atoms with Gasteiger partial charge in [0.1, 0.15) is 22.8 Å². The monoisotopic (exact) mass is 242 g/mol. The molecule has 1 atom stereocenters. The summed E-state index contributed by atoms with van der Waals surface area (Å²) in [5, 5.41) is 4.52. The van der Waals surface area contributed by atoms with Gasteiger partial charge in [0.2, 0.25) is 0 Å². The number of hydrogen-bond donors (Lipinski definition) is 1. The molecule has 1 aliphatic rings. The van der Waals surface area contributed by atoms with E-state index in [-0.39, 0.29) is 0 Å². The minimum Gasteiger partial charge on any atom is -0.265 e. The number of rotatable bonds is 3. The Balaban J connectivity index is 2.08. The second-order valence-corrected chi connectivity index (χ2v) is 5.53. The molecule has 0 saturated carbocycles. The maximum Gasteiger partial charge on any atom is 0.139 e. The fourth-order valence-corrected chi connectivity index (χ4v) is 2.52. The van der Waals surface area contributed by atoms with Gasteiger partial charge in [0.05, 0.1) is 16.6 Å². The van der Waals surface area contributed by atoms with Crippen LogP contribution in [0, 0.1) is 0 Å². The highest BCUT2D eigenvalue weighted by atomic mass is 32.2. The molecule has 1 aliphatic heterocycles. The van der Waals surface area contributed by atoms with Gasteiger partial charge in [0.15, 0.2) is 0 Å². The zero-order chi connectivity index (χ0) is 11.8. The second kappa shape index (κ2) is 3.99. The average Bonchev–Trinajstić information content (AvgIpc) is 2.74. The lowest BCUT2D eigenvalue weighted by molar-refractivity contribution is -0.0128. The minimum absolute atomic E-state index is 0.328. The number of hydroxylamine groups is 1. The summed E-state index contributed by atoms with van der Waals surface area (Å²) in [4.78, 5) is 9.27. The van der Waals surface area contributed by atoms with E-state index in [1.807, 2.05) is 19.9 Å². The first-order valence-electron chi connectivity index (χ1n) is 4.86. The van der Waals surface area contributed by atoms with E-state index >= 15 is 0 Å². The van der Waals surface area contributed by atoms with Gasteiger partial charge in [-0.25, -0.2) is 4.98 Å². The van der Waals surface area contributed by atoms with Gasteiger partial charge in [-0.05, 0) is 19.9 Å². The van der Waals surface area contributed by atoms with Crippen molar-refractivity contribution in [1.82, 2.24) is 20.2 Å². The Morgan fingerprint density at radius 2 is 2.38 bits per heavy atom. The molecule has 1 unspecified atom stereocenters. The number of aryl methyl sites for hydroxylation is 1. The molecular formula is C9H14N4O2S. The van der Waals surface area contributed by atoms with Crippen LogP contribution in [-0.2, 0) is 28.4 Å². The van der Waals surface area contributed by atoms with Crippen molar-refractivity contribution in [3.8, 4) is 0 Å². The lowest BCUT2D eigenvalue weighted by Crippen LogP contribution is -2.21. The summed E-state index contributed by atoms with van der Waals surface area (Å²) < 4.78 is 13.6. The molecule has 2 heterocycles. The van der Waals surface area contributed by atoms with Crippen molar-refractivity contribution >= 4 is 10.8 Å². The van der Waals surface area contributed by atoms with Gasteiger partial charge in [-0.2, -0.15) is 5.10 Å². The minimum atomic E-state index is -1.18. The molecule has 1 aromatic heterocycles. The van der Waals surface area contributed by atoms with Crippen LogP contribution in [0.4, 0.5) is 0 Å². The Labute approximate surface area is 96.1 Å². The van der Waals surface area contributed by atoms with Gasteiger partial charge in [0, 0.05) is 7.05 Å². The first kappa shape index (κ1) is 11.3. The molecule has 0 radical (unpaired) electrons. The van der Waals surface area contributed by atoms with E-state index in [0.717, 1.165) is 0 Å². The lowest BCUT2D eigenvalue weighted by atomic mass is 10.1. The van der Waals surface area contributed by atoms with Crippen molar-refractivity contribution in [2.45, 2.75) is 25.2 Å². The Bertz CT molecular complexity index is 452. The van der Waals surface area contributed by atoms with Gasteiger partial charge >= 0.3 is 0 Å². The Kier molecular flexibility index (Phi) is 2.81. The summed E-state index contributed by atoms with van der Waals surface area (Å²) in [6.07, 6.45) is 3.27. The maximum absolute atomic E-state index is 12.0. The van der Waals surface area contributed by atoms with Gasteiger partial charge in [0.25, 0.3) is 0 Å². The molecule has 0 amide bonds. The molecular weight excluding hydrogens is 228 g/mol. The molecule has 0 bridgehead atoms. The van der Waals surface area contributed by atoms with Crippen LogP contribution >= 0.6 is 0 Å². The maximum atomic E-state index is 12.0. The molecule has 0 saturated heterocycles. The molecule has 0 fully saturated rings. The van der Waals surface area contributed by atoms with Gasteiger partial charge < -0.3 is 0 Å². The predicted molar refractivity (Wildman–Crippen MR) is 59.2 cm³/mol. The molecule has 0 aliphatic carbocycles. The third-order valence-electron chi connectivity index (χ3n) is 2.20. The van der Waals surface area contributed by atoms with Crippen molar-refractivity contribution < 1.29 is 9.05 Å². The molecule has 6 nitrogen and oxygen atoms in total. The lowest BCUT2D eigenvalue weighted by Gasteiger charge is -2.11. The summed E-state index contributed by atoms with van der Waals surface area (Å²) in [5.74, 6) is 1.01. The zero-order valence-corrected chi connectivity index (χ0v) is 10.2. The summed E-state index contributed by atoms with van der Waals surface area (Å²) in [6.45, 7) is 3.79. The van der Waals surface area contributed by atoms with Gasteiger partial charge in [-0.15, -0.1) is 0 Å². The van der Waals surface area contributed by atoms with E-state index < -0.39 is 16.4 Å². The van der Waals surface area contributed by atoms with Crippen LogP contribution in [0.15, 0.2) is 17.4 Å². The van der Waals surface area contributed by atoms with Crippen LogP contribution in [0.2, 0.25) is 0 Å². The molecule has 88 valence electrons. The Hall–Kier alpha value is -1.21. The molecule has 1 aromatic rings. The number of hydrogen-bond acceptors (Lipinski definition) is 5. The molecule has 1 N–H and O–H groups in total. The number of nitrogens with zero attached hydrogens (tertiary/aromatic N) is 3. The summed E-state index contributed by atoms with van der Waals surface area (Å²) >= 11 is 0. The Morgan fingerprint density at radius 3 is 2.88 bits per heavy atom. The molecule has 16 heavy (non-hydrogen) atoms. The standard InChI is InChI=1S/C9H14N4O2S/c1-9(2)4-8(12-15-9)16(14)5-7-10-6-11-13(7)3/h4,6,12H,5H2,1-3H3. The predicted octanol–water partition coefficient (Wildman–Crippen LogP) is 0.219. The number of nitrogens with one attached hydrogen (secondary N) is 1. The van der Waals surface area contributed by atoms with E-state index in [2.05, 4.69) is 15.6 Å².